The summed E-state index contributed by atoms with van der Waals surface area (Å²) in [4.78, 5) is 13.7. The van der Waals surface area contributed by atoms with Crippen molar-refractivity contribution in [2.45, 2.75) is 23.5 Å². The van der Waals surface area contributed by atoms with E-state index in [1.165, 1.54) is 6.07 Å². The van der Waals surface area contributed by atoms with E-state index in [1.54, 1.807) is 11.9 Å². The number of nitrogens with zero attached hydrogens (tertiary/aromatic N) is 3. The highest BCUT2D eigenvalue weighted by atomic mass is 32.2. The van der Waals surface area contributed by atoms with Gasteiger partial charge in [-0.2, -0.15) is 8.78 Å². The van der Waals surface area contributed by atoms with Crippen molar-refractivity contribution >= 4 is 21.2 Å². The number of nitro groups is 1. The number of alkyl halides is 2. The Balaban J connectivity index is 2.29. The summed E-state index contributed by atoms with van der Waals surface area (Å²) in [5.41, 5.74) is -0.278. The van der Waals surface area contributed by atoms with Gasteiger partial charge in [-0.1, -0.05) is 0 Å². The van der Waals surface area contributed by atoms with E-state index in [0.29, 0.717) is 18.5 Å². The van der Waals surface area contributed by atoms with Gasteiger partial charge in [0, 0.05) is 26.2 Å². The van der Waals surface area contributed by atoms with Crippen LogP contribution in [-0.4, -0.2) is 57.7 Å². The van der Waals surface area contributed by atoms with Gasteiger partial charge in [0.2, 0.25) is 9.84 Å². The van der Waals surface area contributed by atoms with Crippen LogP contribution in [0, 0.1) is 16.0 Å². The number of hydrogen-bond donors (Lipinski definition) is 0. The molecular formula is C15H21F2N3O4S. The van der Waals surface area contributed by atoms with Gasteiger partial charge in [0.1, 0.15) is 5.69 Å². The molecule has 10 heteroatoms. The lowest BCUT2D eigenvalue weighted by Crippen LogP contribution is -2.38. The Labute approximate surface area is 145 Å². The second-order valence-electron chi connectivity index (χ2n) is 6.36. The van der Waals surface area contributed by atoms with E-state index in [4.69, 9.17) is 0 Å². The van der Waals surface area contributed by atoms with E-state index >= 15 is 0 Å². The van der Waals surface area contributed by atoms with Crippen molar-refractivity contribution < 1.29 is 22.1 Å². The van der Waals surface area contributed by atoms with Crippen LogP contribution in [0.25, 0.3) is 0 Å². The molecule has 1 unspecified atom stereocenters. The minimum absolute atomic E-state index is 0.214. The van der Waals surface area contributed by atoms with Gasteiger partial charge in [-0.05, 0) is 44.5 Å². The van der Waals surface area contributed by atoms with Crippen LogP contribution >= 0.6 is 0 Å². The predicted molar refractivity (Wildman–Crippen MR) is 89.8 cm³/mol. The first-order valence-corrected chi connectivity index (χ1v) is 9.37. The number of hydrogen-bond acceptors (Lipinski definition) is 6. The smallest absolute Gasteiger partial charge is 0.341 e. The van der Waals surface area contributed by atoms with Crippen LogP contribution in [0.15, 0.2) is 23.1 Å². The number of anilines is 1. The second-order valence-corrected chi connectivity index (χ2v) is 8.28. The van der Waals surface area contributed by atoms with Gasteiger partial charge in [-0.15, -0.1) is 0 Å². The topological polar surface area (TPSA) is 83.8 Å². The molecule has 2 rings (SSSR count). The molecule has 1 aromatic rings. The molecule has 0 bridgehead atoms. The largest absolute Gasteiger partial charge is 0.369 e. The fraction of sp³-hybridized carbons (Fsp3) is 0.600. The van der Waals surface area contributed by atoms with Crippen molar-refractivity contribution in [1.29, 1.82) is 0 Å². The zero-order valence-corrected chi connectivity index (χ0v) is 14.9. The maximum absolute atomic E-state index is 12.7. The van der Waals surface area contributed by atoms with Crippen LogP contribution < -0.4 is 4.90 Å². The molecule has 0 spiro atoms. The molecule has 7 nitrogen and oxygen atoms in total. The maximum atomic E-state index is 12.7. The molecule has 0 amide bonds. The first kappa shape index (κ1) is 19.5. The third-order valence-corrected chi connectivity index (χ3v) is 5.75. The first-order valence-electron chi connectivity index (χ1n) is 7.83. The zero-order chi connectivity index (χ0) is 18.8. The normalized spacial score (nSPS) is 19.2. The molecule has 0 saturated carbocycles. The van der Waals surface area contributed by atoms with Gasteiger partial charge in [0.25, 0.3) is 5.69 Å². The lowest BCUT2D eigenvalue weighted by atomic mass is 9.98. The van der Waals surface area contributed by atoms with Crippen LogP contribution in [0.4, 0.5) is 20.2 Å². The van der Waals surface area contributed by atoms with Crippen molar-refractivity contribution in [1.82, 2.24) is 4.90 Å². The maximum Gasteiger partial charge on any atom is 0.341 e. The van der Waals surface area contributed by atoms with Crippen molar-refractivity contribution in [3.8, 4) is 0 Å². The SMILES string of the molecule is CN1CCCC(CN(C)c2ccc(S(=O)(=O)C(F)F)cc2[N+](=O)[O-])C1. The number of rotatable bonds is 6. The van der Waals surface area contributed by atoms with E-state index in [2.05, 4.69) is 4.90 Å². The monoisotopic (exact) mass is 377 g/mol. The molecule has 0 aliphatic carbocycles. The van der Waals surface area contributed by atoms with Gasteiger partial charge in [-0.25, -0.2) is 8.42 Å². The van der Waals surface area contributed by atoms with Crippen molar-refractivity contribution in [2.75, 3.05) is 38.6 Å². The molecule has 0 aromatic heterocycles. The fourth-order valence-electron chi connectivity index (χ4n) is 3.16. The lowest BCUT2D eigenvalue weighted by Gasteiger charge is -2.33. The standard InChI is InChI=1S/C15H21F2N3O4S/c1-18-7-3-4-11(9-18)10-19(2)13-6-5-12(8-14(13)20(21)22)25(23,24)15(16)17/h5-6,8,11,15H,3-4,7,9-10H2,1-2H3. The summed E-state index contributed by atoms with van der Waals surface area (Å²) < 4.78 is 48.4. The van der Waals surface area contributed by atoms with Gasteiger partial charge >= 0.3 is 5.76 Å². The van der Waals surface area contributed by atoms with Crippen molar-refractivity contribution in [2.24, 2.45) is 5.92 Å². The quantitative estimate of drug-likeness (QED) is 0.559. The molecule has 0 N–H and O–H groups in total. The molecule has 1 heterocycles. The van der Waals surface area contributed by atoms with Crippen LogP contribution in [0.5, 0.6) is 0 Å². The minimum atomic E-state index is -4.87. The number of nitro benzene ring substituents is 1. The number of benzene rings is 1. The Bertz CT molecular complexity index is 742. The summed E-state index contributed by atoms with van der Waals surface area (Å²) in [7, 11) is -1.18. The van der Waals surface area contributed by atoms with Gasteiger partial charge < -0.3 is 9.80 Å². The average molecular weight is 377 g/mol. The molecule has 1 aliphatic heterocycles. The second kappa shape index (κ2) is 7.61. The zero-order valence-electron chi connectivity index (χ0n) is 14.1. The summed E-state index contributed by atoms with van der Waals surface area (Å²) in [6, 6.07) is 2.92. The molecule has 140 valence electrons. The number of piperidine rings is 1. The number of sulfone groups is 1. The molecule has 1 atom stereocenters. The molecule has 1 fully saturated rings. The number of likely N-dealkylation sites (tertiary alicyclic amines) is 1. The van der Waals surface area contributed by atoms with Crippen LogP contribution in [0.3, 0.4) is 0 Å². The molecular weight excluding hydrogens is 356 g/mol. The molecule has 1 aliphatic rings. The Morgan fingerprint density at radius 2 is 2.12 bits per heavy atom. The van der Waals surface area contributed by atoms with Gasteiger partial charge in [0.05, 0.1) is 9.82 Å². The highest BCUT2D eigenvalue weighted by Gasteiger charge is 2.30. The van der Waals surface area contributed by atoms with Crippen molar-refractivity contribution in [3.63, 3.8) is 0 Å². The van der Waals surface area contributed by atoms with E-state index in [9.17, 15) is 27.3 Å². The lowest BCUT2D eigenvalue weighted by molar-refractivity contribution is -0.384. The Kier molecular flexibility index (Phi) is 5.94. The van der Waals surface area contributed by atoms with E-state index in [1.807, 2.05) is 7.05 Å². The summed E-state index contributed by atoms with van der Waals surface area (Å²) >= 11 is 0. The summed E-state index contributed by atoms with van der Waals surface area (Å²) in [5, 5.41) is 11.3. The van der Waals surface area contributed by atoms with Gasteiger partial charge in [0.15, 0.2) is 0 Å². The molecule has 1 saturated heterocycles. The highest BCUT2D eigenvalue weighted by molar-refractivity contribution is 7.91. The average Bonchev–Trinajstić information content (AvgIpc) is 2.54. The number of halogens is 2. The highest BCUT2D eigenvalue weighted by Crippen LogP contribution is 2.32. The Morgan fingerprint density at radius 1 is 1.44 bits per heavy atom. The third-order valence-electron chi connectivity index (χ3n) is 4.37. The molecule has 25 heavy (non-hydrogen) atoms. The fourth-order valence-corrected chi connectivity index (χ4v) is 3.90. The first-order chi connectivity index (χ1) is 11.6. The Hall–Kier alpha value is -1.81. The predicted octanol–water partition coefficient (Wildman–Crippen LogP) is 2.37. The minimum Gasteiger partial charge on any atom is -0.369 e. The van der Waals surface area contributed by atoms with E-state index < -0.39 is 31.1 Å². The Morgan fingerprint density at radius 3 is 2.68 bits per heavy atom. The summed E-state index contributed by atoms with van der Waals surface area (Å²) in [5.74, 6) is -3.29. The molecule has 1 aromatic carbocycles. The van der Waals surface area contributed by atoms with E-state index in [0.717, 1.165) is 32.0 Å². The molecule has 0 radical (unpaired) electrons. The third kappa shape index (κ3) is 4.43. The van der Waals surface area contributed by atoms with Crippen LogP contribution in [-0.2, 0) is 9.84 Å². The van der Waals surface area contributed by atoms with Crippen LogP contribution in [0.2, 0.25) is 0 Å². The summed E-state index contributed by atoms with van der Waals surface area (Å²) in [6.45, 7) is 2.45. The van der Waals surface area contributed by atoms with E-state index in [-0.39, 0.29) is 5.69 Å². The van der Waals surface area contributed by atoms with Gasteiger partial charge in [-0.3, -0.25) is 10.1 Å². The van der Waals surface area contributed by atoms with Crippen molar-refractivity contribution in [3.05, 3.63) is 28.3 Å². The summed E-state index contributed by atoms with van der Waals surface area (Å²) in [6.07, 6.45) is 2.04. The van der Waals surface area contributed by atoms with Crippen LogP contribution in [0.1, 0.15) is 12.8 Å².